The van der Waals surface area contributed by atoms with Gasteiger partial charge in [0, 0.05) is 24.0 Å². The Morgan fingerprint density at radius 2 is 2.25 bits per heavy atom. The van der Waals surface area contributed by atoms with Crippen LogP contribution in [0.5, 0.6) is 0 Å². The zero-order valence-electron chi connectivity index (χ0n) is 11.7. The minimum Gasteiger partial charge on any atom is -0.462 e. The number of nitrogens with one attached hydrogen (secondary N) is 1. The number of hydrogen-bond acceptors (Lipinski definition) is 7. The molecule has 0 aromatic carbocycles. The fourth-order valence-electron chi connectivity index (χ4n) is 1.73. The van der Waals surface area contributed by atoms with E-state index in [1.54, 1.807) is 18.3 Å². The van der Waals surface area contributed by atoms with Crippen LogP contribution in [0.3, 0.4) is 0 Å². The fourth-order valence-corrected chi connectivity index (χ4v) is 3.32. The fraction of sp³-hybridized carbons (Fsp3) is 0.462. The third-order valence-corrected chi connectivity index (χ3v) is 4.56. The van der Waals surface area contributed by atoms with Gasteiger partial charge in [0.15, 0.2) is 0 Å². The summed E-state index contributed by atoms with van der Waals surface area (Å²) >= 11 is 2.95. The number of carbonyl (C=O) groups is 1. The second-order valence-corrected chi connectivity index (χ2v) is 5.97. The number of esters is 1. The van der Waals surface area contributed by atoms with Crippen molar-refractivity contribution < 1.29 is 9.53 Å². The third kappa shape index (κ3) is 3.55. The van der Waals surface area contributed by atoms with E-state index in [0.717, 1.165) is 28.7 Å². The highest BCUT2D eigenvalue weighted by Crippen LogP contribution is 2.25. The van der Waals surface area contributed by atoms with Crippen molar-refractivity contribution in [1.29, 1.82) is 0 Å². The van der Waals surface area contributed by atoms with Gasteiger partial charge >= 0.3 is 5.97 Å². The highest BCUT2D eigenvalue weighted by molar-refractivity contribution is 7.10. The molecule has 2 heterocycles. The lowest BCUT2D eigenvalue weighted by atomic mass is 10.2. The molecule has 0 atom stereocenters. The SMILES string of the molecule is CCOC(=O)c1c(C)nsc1NCCc1nc(C)cs1. The third-order valence-electron chi connectivity index (χ3n) is 2.63. The summed E-state index contributed by atoms with van der Waals surface area (Å²) in [4.78, 5) is 16.3. The first kappa shape index (κ1) is 14.9. The minimum absolute atomic E-state index is 0.314. The van der Waals surface area contributed by atoms with Crippen molar-refractivity contribution in [1.82, 2.24) is 9.36 Å². The highest BCUT2D eigenvalue weighted by Gasteiger charge is 2.19. The first-order valence-electron chi connectivity index (χ1n) is 6.40. The van der Waals surface area contributed by atoms with Gasteiger partial charge < -0.3 is 10.1 Å². The normalized spacial score (nSPS) is 10.6. The van der Waals surface area contributed by atoms with E-state index >= 15 is 0 Å². The Morgan fingerprint density at radius 3 is 2.90 bits per heavy atom. The van der Waals surface area contributed by atoms with Crippen LogP contribution in [-0.2, 0) is 11.2 Å². The molecule has 0 aliphatic rings. The van der Waals surface area contributed by atoms with Crippen LogP contribution in [0, 0.1) is 13.8 Å². The van der Waals surface area contributed by atoms with Crippen molar-refractivity contribution in [3.8, 4) is 0 Å². The molecule has 7 heteroatoms. The van der Waals surface area contributed by atoms with Crippen LogP contribution < -0.4 is 5.32 Å². The van der Waals surface area contributed by atoms with E-state index < -0.39 is 0 Å². The number of thiazole rings is 1. The summed E-state index contributed by atoms with van der Waals surface area (Å²) in [5, 5.41) is 7.15. The molecule has 0 spiro atoms. The first-order chi connectivity index (χ1) is 9.61. The molecule has 0 saturated heterocycles. The van der Waals surface area contributed by atoms with Crippen molar-refractivity contribution in [2.45, 2.75) is 27.2 Å². The monoisotopic (exact) mass is 311 g/mol. The van der Waals surface area contributed by atoms with Crippen LogP contribution in [0.25, 0.3) is 0 Å². The molecule has 2 rings (SSSR count). The Balaban J connectivity index is 1.97. The van der Waals surface area contributed by atoms with Gasteiger partial charge in [-0.25, -0.2) is 9.78 Å². The van der Waals surface area contributed by atoms with E-state index in [9.17, 15) is 4.79 Å². The Bertz CT molecular complexity index is 592. The predicted molar refractivity (Wildman–Crippen MR) is 81.9 cm³/mol. The summed E-state index contributed by atoms with van der Waals surface area (Å²) in [5.41, 5.74) is 2.30. The van der Waals surface area contributed by atoms with Gasteiger partial charge in [-0.1, -0.05) is 0 Å². The Hall–Kier alpha value is -1.47. The van der Waals surface area contributed by atoms with Crippen molar-refractivity contribution in [2.24, 2.45) is 0 Å². The topological polar surface area (TPSA) is 64.1 Å². The summed E-state index contributed by atoms with van der Waals surface area (Å²) < 4.78 is 9.27. The molecule has 0 aliphatic carbocycles. The van der Waals surface area contributed by atoms with Gasteiger partial charge in [-0.3, -0.25) is 0 Å². The van der Waals surface area contributed by atoms with Gasteiger partial charge in [0.25, 0.3) is 0 Å². The molecule has 20 heavy (non-hydrogen) atoms. The molecule has 108 valence electrons. The maximum Gasteiger partial charge on any atom is 0.343 e. The molecule has 0 amide bonds. The molecular weight excluding hydrogens is 294 g/mol. The average Bonchev–Trinajstić information content (AvgIpc) is 2.97. The van der Waals surface area contributed by atoms with E-state index in [0.29, 0.717) is 17.9 Å². The van der Waals surface area contributed by atoms with Crippen LogP contribution in [-0.4, -0.2) is 28.5 Å². The van der Waals surface area contributed by atoms with Crippen LogP contribution in [0.4, 0.5) is 5.00 Å². The number of anilines is 1. The summed E-state index contributed by atoms with van der Waals surface area (Å²) in [6.45, 7) is 6.69. The summed E-state index contributed by atoms with van der Waals surface area (Å²) in [6, 6.07) is 0. The Kier molecular flexibility index (Phi) is 5.08. The van der Waals surface area contributed by atoms with Crippen molar-refractivity contribution in [3.05, 3.63) is 27.3 Å². The second kappa shape index (κ2) is 6.81. The van der Waals surface area contributed by atoms with Crippen molar-refractivity contribution >= 4 is 33.8 Å². The van der Waals surface area contributed by atoms with Gasteiger partial charge in [0.1, 0.15) is 10.6 Å². The molecule has 2 aromatic heterocycles. The number of nitrogens with zero attached hydrogens (tertiary/aromatic N) is 2. The average molecular weight is 311 g/mol. The number of carbonyl (C=O) groups excluding carboxylic acids is 1. The Morgan fingerprint density at radius 1 is 1.45 bits per heavy atom. The quantitative estimate of drug-likeness (QED) is 0.831. The minimum atomic E-state index is -0.314. The van der Waals surface area contributed by atoms with E-state index in [-0.39, 0.29) is 5.97 Å². The molecule has 0 bridgehead atoms. The lowest BCUT2D eigenvalue weighted by molar-refractivity contribution is 0.0527. The largest absolute Gasteiger partial charge is 0.462 e. The van der Waals surface area contributed by atoms with E-state index in [1.807, 2.05) is 19.2 Å². The number of aryl methyl sites for hydroxylation is 2. The van der Waals surface area contributed by atoms with Crippen LogP contribution in [0.15, 0.2) is 5.38 Å². The van der Waals surface area contributed by atoms with E-state index in [4.69, 9.17) is 4.74 Å². The maximum atomic E-state index is 11.9. The smallest absolute Gasteiger partial charge is 0.343 e. The number of aromatic nitrogens is 2. The highest BCUT2D eigenvalue weighted by atomic mass is 32.1. The summed E-state index contributed by atoms with van der Waals surface area (Å²) in [5.74, 6) is -0.314. The van der Waals surface area contributed by atoms with Gasteiger partial charge in [-0.2, -0.15) is 4.37 Å². The predicted octanol–water partition coefficient (Wildman–Crippen LogP) is 3.05. The van der Waals surface area contributed by atoms with Gasteiger partial charge in [-0.05, 0) is 32.3 Å². The standard InChI is InChI=1S/C13H17N3O2S2/c1-4-18-13(17)11-9(3)16-20-12(11)14-6-5-10-15-8(2)7-19-10/h7,14H,4-6H2,1-3H3. The molecular formula is C13H17N3O2S2. The summed E-state index contributed by atoms with van der Waals surface area (Å²) in [6.07, 6.45) is 0.831. The second-order valence-electron chi connectivity index (χ2n) is 4.25. The van der Waals surface area contributed by atoms with Gasteiger partial charge in [0.2, 0.25) is 0 Å². The molecule has 0 aliphatic heterocycles. The van der Waals surface area contributed by atoms with Gasteiger partial charge in [-0.15, -0.1) is 11.3 Å². The van der Waals surface area contributed by atoms with Gasteiger partial charge in [0.05, 0.1) is 17.3 Å². The van der Waals surface area contributed by atoms with Crippen LogP contribution in [0.2, 0.25) is 0 Å². The molecule has 0 unspecified atom stereocenters. The maximum absolute atomic E-state index is 11.9. The molecule has 0 radical (unpaired) electrons. The van der Waals surface area contributed by atoms with Crippen molar-refractivity contribution in [3.63, 3.8) is 0 Å². The number of hydrogen-bond donors (Lipinski definition) is 1. The van der Waals surface area contributed by atoms with Crippen LogP contribution in [0.1, 0.15) is 33.7 Å². The van der Waals surface area contributed by atoms with E-state index in [2.05, 4.69) is 14.7 Å². The van der Waals surface area contributed by atoms with Crippen molar-refractivity contribution in [2.75, 3.05) is 18.5 Å². The zero-order chi connectivity index (χ0) is 14.5. The van der Waals surface area contributed by atoms with Crippen LogP contribution >= 0.6 is 22.9 Å². The lowest BCUT2D eigenvalue weighted by Crippen LogP contribution is -2.10. The molecule has 0 saturated carbocycles. The summed E-state index contributed by atoms with van der Waals surface area (Å²) in [7, 11) is 0. The molecule has 2 aromatic rings. The number of ether oxygens (including phenoxy) is 1. The number of rotatable bonds is 6. The molecule has 1 N–H and O–H groups in total. The zero-order valence-corrected chi connectivity index (χ0v) is 13.4. The lowest BCUT2D eigenvalue weighted by Gasteiger charge is -2.06. The first-order valence-corrected chi connectivity index (χ1v) is 8.05. The Labute approximate surface area is 126 Å². The molecule has 0 fully saturated rings. The van der Waals surface area contributed by atoms with E-state index in [1.165, 1.54) is 11.5 Å². The molecule has 5 nitrogen and oxygen atoms in total.